The van der Waals surface area contributed by atoms with Gasteiger partial charge in [-0.1, -0.05) is 57.3 Å². The smallest absolute Gasteiger partial charge is 0.138 e. The minimum atomic E-state index is 0.438. The lowest BCUT2D eigenvalue weighted by Gasteiger charge is -2.34. The van der Waals surface area contributed by atoms with E-state index in [4.69, 9.17) is 25.9 Å². The lowest BCUT2D eigenvalue weighted by atomic mass is 10.1. The van der Waals surface area contributed by atoms with Crippen LogP contribution in [-0.2, 0) is 4.74 Å². The van der Waals surface area contributed by atoms with Gasteiger partial charge in [-0.3, -0.25) is 0 Å². The van der Waals surface area contributed by atoms with Crippen molar-refractivity contribution in [3.05, 3.63) is 60.7 Å². The number of hydrogen-bond donors (Lipinski definition) is 2. The van der Waals surface area contributed by atoms with Crippen LogP contribution in [0.5, 0.6) is 5.75 Å². The van der Waals surface area contributed by atoms with Gasteiger partial charge in [-0.15, -0.1) is 6.42 Å². The third-order valence-electron chi connectivity index (χ3n) is 9.35. The molecule has 2 N–H and O–H groups in total. The van der Waals surface area contributed by atoms with Crippen molar-refractivity contribution >= 4 is 27.8 Å². The molecule has 0 aliphatic carbocycles. The summed E-state index contributed by atoms with van der Waals surface area (Å²) in [5.41, 5.74) is 7.29. The number of benzene rings is 3. The molecule has 0 amide bonds. The van der Waals surface area contributed by atoms with E-state index in [1.165, 1.54) is 57.1 Å². The van der Waals surface area contributed by atoms with Crippen molar-refractivity contribution in [3.63, 3.8) is 0 Å². The average molecular weight is 647 g/mol. The molecule has 1 saturated heterocycles. The molecule has 1 aliphatic heterocycles. The first-order chi connectivity index (χ1) is 23.7. The number of likely N-dealkylation sites (N-methyl/N-ethyl adjacent to an activating group) is 1. The first-order valence-corrected chi connectivity index (χ1v) is 17.8. The molecular weight excluding hydrogens is 596 g/mol. The van der Waals surface area contributed by atoms with Crippen LogP contribution in [0.1, 0.15) is 64.2 Å². The number of piperazine rings is 1. The number of ether oxygens (including phenoxy) is 2. The highest BCUT2D eigenvalue weighted by molar-refractivity contribution is 5.87. The Balaban J connectivity index is 0.931. The summed E-state index contributed by atoms with van der Waals surface area (Å²) in [6.45, 7) is 6.26. The van der Waals surface area contributed by atoms with E-state index in [0.717, 1.165) is 103 Å². The Labute approximate surface area is 285 Å². The van der Waals surface area contributed by atoms with Crippen molar-refractivity contribution in [1.82, 2.24) is 24.8 Å². The number of unbranched alkanes of at least 4 members (excludes halogenated alkanes) is 9. The molecule has 0 spiro atoms. The van der Waals surface area contributed by atoms with Gasteiger partial charge in [0.25, 0.3) is 0 Å². The molecule has 3 aromatic carbocycles. The van der Waals surface area contributed by atoms with Crippen LogP contribution in [0.3, 0.4) is 0 Å². The van der Waals surface area contributed by atoms with Crippen molar-refractivity contribution < 1.29 is 9.47 Å². The number of nitrogens with one attached hydrogen (secondary N) is 2. The molecule has 0 bridgehead atoms. The number of aromatic nitrogens is 4. The van der Waals surface area contributed by atoms with Gasteiger partial charge in [0, 0.05) is 49.6 Å². The Morgan fingerprint density at radius 2 is 1.23 bits per heavy atom. The fraction of sp³-hybridized carbons (Fsp3) is 0.450. The van der Waals surface area contributed by atoms with Crippen LogP contribution in [0.2, 0.25) is 0 Å². The van der Waals surface area contributed by atoms with E-state index >= 15 is 0 Å². The summed E-state index contributed by atoms with van der Waals surface area (Å²) in [5, 5.41) is 0. The molecule has 0 unspecified atom stereocenters. The maximum atomic E-state index is 6.03. The fourth-order valence-electron chi connectivity index (χ4n) is 6.44. The summed E-state index contributed by atoms with van der Waals surface area (Å²) >= 11 is 0. The van der Waals surface area contributed by atoms with Crippen molar-refractivity contribution in [2.75, 3.05) is 57.9 Å². The number of imidazole rings is 2. The zero-order chi connectivity index (χ0) is 33.0. The molecule has 48 heavy (non-hydrogen) atoms. The van der Waals surface area contributed by atoms with Gasteiger partial charge in [0.15, 0.2) is 0 Å². The molecule has 1 fully saturated rings. The van der Waals surface area contributed by atoms with E-state index in [-0.39, 0.29) is 0 Å². The minimum absolute atomic E-state index is 0.438. The van der Waals surface area contributed by atoms with E-state index < -0.39 is 0 Å². The van der Waals surface area contributed by atoms with E-state index in [1.54, 1.807) is 0 Å². The predicted molar refractivity (Wildman–Crippen MR) is 198 cm³/mol. The molecule has 0 radical (unpaired) electrons. The van der Waals surface area contributed by atoms with Crippen LogP contribution >= 0.6 is 0 Å². The molecule has 0 saturated carbocycles. The summed E-state index contributed by atoms with van der Waals surface area (Å²) in [4.78, 5) is 21.6. The summed E-state index contributed by atoms with van der Waals surface area (Å²) < 4.78 is 11.4. The number of hydrogen-bond acceptors (Lipinski definition) is 6. The zero-order valence-corrected chi connectivity index (χ0v) is 28.5. The lowest BCUT2D eigenvalue weighted by molar-refractivity contribution is 0.162. The number of fused-ring (bicyclic) bond motifs is 2. The van der Waals surface area contributed by atoms with Crippen LogP contribution in [0, 0.1) is 12.3 Å². The SMILES string of the molecule is C#CCOCCCCCCCCCCCCOc1ccc(-c2nc3ccc(-c4nc5ccc(N6CCN(C)CC6)cc5[nH]4)cc3[nH]2)cc1. The highest BCUT2D eigenvalue weighted by Crippen LogP contribution is 2.29. The minimum Gasteiger partial charge on any atom is -0.494 e. The molecule has 1 aliphatic rings. The normalized spacial score (nSPS) is 13.8. The van der Waals surface area contributed by atoms with E-state index in [1.807, 2.05) is 12.1 Å². The molecule has 6 rings (SSSR count). The predicted octanol–water partition coefficient (Wildman–Crippen LogP) is 8.45. The molecule has 5 aromatic rings. The largest absolute Gasteiger partial charge is 0.494 e. The van der Waals surface area contributed by atoms with Gasteiger partial charge in [-0.05, 0) is 80.6 Å². The Hall–Kier alpha value is -4.32. The fourth-order valence-corrected chi connectivity index (χ4v) is 6.44. The Bertz CT molecular complexity index is 1760. The highest BCUT2D eigenvalue weighted by atomic mass is 16.5. The summed E-state index contributed by atoms with van der Waals surface area (Å²) in [5.74, 6) is 5.13. The quantitative estimate of drug-likeness (QED) is 0.0735. The van der Waals surface area contributed by atoms with Gasteiger partial charge < -0.3 is 29.2 Å². The van der Waals surface area contributed by atoms with Crippen molar-refractivity contribution in [2.24, 2.45) is 0 Å². The van der Waals surface area contributed by atoms with Crippen LogP contribution in [-0.4, -0.2) is 77.9 Å². The van der Waals surface area contributed by atoms with Crippen LogP contribution in [0.15, 0.2) is 60.7 Å². The van der Waals surface area contributed by atoms with Gasteiger partial charge in [0.05, 0.1) is 28.7 Å². The molecular formula is C40H50N6O2. The molecule has 8 heteroatoms. The zero-order valence-electron chi connectivity index (χ0n) is 28.5. The second kappa shape index (κ2) is 17.2. The van der Waals surface area contributed by atoms with E-state index in [2.05, 4.69) is 81.3 Å². The Morgan fingerprint density at radius 3 is 1.90 bits per heavy atom. The third kappa shape index (κ3) is 9.18. The first kappa shape index (κ1) is 33.6. The number of rotatable bonds is 18. The van der Waals surface area contributed by atoms with Gasteiger partial charge >= 0.3 is 0 Å². The van der Waals surface area contributed by atoms with Crippen LogP contribution in [0.4, 0.5) is 5.69 Å². The van der Waals surface area contributed by atoms with Crippen molar-refractivity contribution in [2.45, 2.75) is 64.2 Å². The number of H-pyrrole nitrogens is 2. The number of nitrogens with zero attached hydrogens (tertiary/aromatic N) is 4. The maximum Gasteiger partial charge on any atom is 0.138 e. The Morgan fingerprint density at radius 1 is 0.667 bits per heavy atom. The second-order valence-electron chi connectivity index (χ2n) is 13.1. The summed E-state index contributed by atoms with van der Waals surface area (Å²) in [7, 11) is 2.18. The first-order valence-electron chi connectivity index (χ1n) is 17.8. The van der Waals surface area contributed by atoms with Crippen LogP contribution in [0.25, 0.3) is 44.8 Å². The maximum absolute atomic E-state index is 6.03. The van der Waals surface area contributed by atoms with Crippen molar-refractivity contribution in [3.8, 4) is 40.9 Å². The van der Waals surface area contributed by atoms with Crippen molar-refractivity contribution in [1.29, 1.82) is 0 Å². The number of aromatic amines is 2. The second-order valence-corrected chi connectivity index (χ2v) is 13.1. The number of terminal acetylenes is 1. The van der Waals surface area contributed by atoms with E-state index in [0.29, 0.717) is 6.61 Å². The molecule has 252 valence electrons. The molecule has 2 aromatic heterocycles. The standard InChI is InChI=1S/C40H50N6O2/c1-3-26-47-27-12-10-8-6-4-5-7-9-11-13-28-48-34-18-14-31(15-19-34)39-41-35-20-16-32(29-37(35)43-39)40-42-36-21-17-33(30-38(36)44-40)46-24-22-45(2)23-25-46/h1,14-21,29-30H,4-13,22-28H2,2H3,(H,41,43)(H,42,44). The molecule has 8 nitrogen and oxygen atoms in total. The van der Waals surface area contributed by atoms with Gasteiger partial charge in [0.1, 0.15) is 24.0 Å². The summed E-state index contributed by atoms with van der Waals surface area (Å²) in [6.07, 6.45) is 17.7. The average Bonchev–Trinajstić information content (AvgIpc) is 3.74. The lowest BCUT2D eigenvalue weighted by Crippen LogP contribution is -2.44. The van der Waals surface area contributed by atoms with Crippen LogP contribution < -0.4 is 9.64 Å². The molecule has 3 heterocycles. The van der Waals surface area contributed by atoms with Gasteiger partial charge in [0.2, 0.25) is 0 Å². The number of anilines is 1. The van der Waals surface area contributed by atoms with Gasteiger partial charge in [-0.25, -0.2) is 9.97 Å². The summed E-state index contributed by atoms with van der Waals surface area (Å²) in [6, 6.07) is 21.1. The molecule has 0 atom stereocenters. The highest BCUT2D eigenvalue weighted by Gasteiger charge is 2.16. The monoisotopic (exact) mass is 646 g/mol. The van der Waals surface area contributed by atoms with Gasteiger partial charge in [-0.2, -0.15) is 0 Å². The third-order valence-corrected chi connectivity index (χ3v) is 9.35. The Kier molecular flexibility index (Phi) is 12.0. The van der Waals surface area contributed by atoms with E-state index in [9.17, 15) is 0 Å². The topological polar surface area (TPSA) is 82.3 Å².